The lowest BCUT2D eigenvalue weighted by molar-refractivity contribution is -0.142. The fourth-order valence-corrected chi connectivity index (χ4v) is 5.53. The summed E-state index contributed by atoms with van der Waals surface area (Å²) in [6.07, 6.45) is 0.378. The molecule has 4 N–H and O–H groups in total. The van der Waals surface area contributed by atoms with Crippen molar-refractivity contribution < 1.29 is 19.2 Å². The van der Waals surface area contributed by atoms with E-state index in [0.717, 1.165) is 11.1 Å². The molecule has 0 radical (unpaired) electrons. The van der Waals surface area contributed by atoms with Gasteiger partial charge in [0.15, 0.2) is 0 Å². The monoisotopic (exact) mass is 432 g/mol. The SMILES string of the molecule is Cc1cccc2c1NC(=O)C21NC(CC(N)=O)C2C(=O)N(CCc3ccccc3)C(=O)C21. The average molecular weight is 432 g/mol. The molecule has 4 atom stereocenters. The van der Waals surface area contributed by atoms with E-state index in [9.17, 15) is 19.2 Å². The molecule has 8 nitrogen and oxygen atoms in total. The summed E-state index contributed by atoms with van der Waals surface area (Å²) in [5.74, 6) is -3.49. The molecule has 0 saturated carbocycles. The summed E-state index contributed by atoms with van der Waals surface area (Å²) in [5.41, 5.74) is 7.20. The molecule has 4 unspecified atom stereocenters. The van der Waals surface area contributed by atoms with Gasteiger partial charge >= 0.3 is 0 Å². The number of aryl methyl sites for hydroxylation is 1. The number of hydrogen-bond acceptors (Lipinski definition) is 5. The van der Waals surface area contributed by atoms with Crippen LogP contribution in [0.25, 0.3) is 0 Å². The standard InChI is InChI=1S/C24H24N4O4/c1-13-6-5-9-15-20(13)26-23(32)24(15)19-18(16(27-24)12-17(25)29)21(30)28(22(19)31)11-10-14-7-3-2-4-8-14/h2-9,16,18-19,27H,10-12H2,1H3,(H2,25,29)(H,26,32). The van der Waals surface area contributed by atoms with Crippen molar-refractivity contribution in [2.75, 3.05) is 11.9 Å². The van der Waals surface area contributed by atoms with E-state index in [1.54, 1.807) is 6.07 Å². The van der Waals surface area contributed by atoms with Crippen molar-refractivity contribution in [3.63, 3.8) is 0 Å². The highest BCUT2D eigenvalue weighted by molar-refractivity contribution is 6.15. The van der Waals surface area contributed by atoms with Crippen LogP contribution in [0.1, 0.15) is 23.1 Å². The molecular formula is C24H24N4O4. The molecule has 2 aromatic rings. The quantitative estimate of drug-likeness (QED) is 0.605. The number of para-hydroxylation sites is 1. The molecule has 0 aromatic heterocycles. The lowest BCUT2D eigenvalue weighted by Crippen LogP contribution is -2.53. The molecule has 32 heavy (non-hydrogen) atoms. The van der Waals surface area contributed by atoms with E-state index < -0.39 is 29.3 Å². The second-order valence-electron chi connectivity index (χ2n) is 8.75. The number of fused-ring (bicyclic) bond motifs is 4. The van der Waals surface area contributed by atoms with Crippen LogP contribution in [0, 0.1) is 18.8 Å². The number of carbonyl (C=O) groups is 4. The number of benzene rings is 2. The largest absolute Gasteiger partial charge is 0.370 e. The van der Waals surface area contributed by atoms with Gasteiger partial charge in [0.2, 0.25) is 23.6 Å². The van der Waals surface area contributed by atoms with Crippen molar-refractivity contribution in [1.29, 1.82) is 0 Å². The van der Waals surface area contributed by atoms with Gasteiger partial charge in [0.25, 0.3) is 0 Å². The second kappa shape index (κ2) is 7.27. The van der Waals surface area contributed by atoms with Gasteiger partial charge in [-0.05, 0) is 24.5 Å². The number of nitrogens with one attached hydrogen (secondary N) is 2. The van der Waals surface area contributed by atoms with Crippen LogP contribution in [0.5, 0.6) is 0 Å². The van der Waals surface area contributed by atoms with Crippen molar-refractivity contribution in [2.45, 2.75) is 31.3 Å². The average Bonchev–Trinajstić information content (AvgIpc) is 3.33. The van der Waals surface area contributed by atoms with Crippen molar-refractivity contribution in [2.24, 2.45) is 17.6 Å². The molecule has 8 heteroatoms. The van der Waals surface area contributed by atoms with Crippen LogP contribution in [-0.2, 0) is 31.1 Å². The highest BCUT2D eigenvalue weighted by Crippen LogP contribution is 2.53. The first-order valence-electron chi connectivity index (χ1n) is 10.7. The van der Waals surface area contributed by atoms with Gasteiger partial charge in [-0.15, -0.1) is 0 Å². The molecule has 3 heterocycles. The van der Waals surface area contributed by atoms with E-state index >= 15 is 0 Å². The van der Waals surface area contributed by atoms with Gasteiger partial charge in [-0.25, -0.2) is 0 Å². The summed E-state index contributed by atoms with van der Waals surface area (Å²) in [4.78, 5) is 53.4. The number of imide groups is 1. The third-order valence-electron chi connectivity index (χ3n) is 6.94. The summed E-state index contributed by atoms with van der Waals surface area (Å²) in [6, 6.07) is 14.4. The Morgan fingerprint density at radius 1 is 1.06 bits per heavy atom. The van der Waals surface area contributed by atoms with Crippen LogP contribution in [0.15, 0.2) is 48.5 Å². The Morgan fingerprint density at radius 2 is 1.81 bits per heavy atom. The van der Waals surface area contributed by atoms with E-state index in [1.165, 1.54) is 4.90 Å². The van der Waals surface area contributed by atoms with Crippen LogP contribution in [0.3, 0.4) is 0 Å². The third-order valence-corrected chi connectivity index (χ3v) is 6.94. The highest BCUT2D eigenvalue weighted by Gasteiger charge is 2.70. The van der Waals surface area contributed by atoms with Crippen molar-refractivity contribution in [3.8, 4) is 0 Å². The van der Waals surface area contributed by atoms with Gasteiger partial charge in [0, 0.05) is 30.3 Å². The maximum atomic E-state index is 13.6. The number of nitrogens with zero attached hydrogens (tertiary/aromatic N) is 1. The molecule has 2 aromatic carbocycles. The van der Waals surface area contributed by atoms with Crippen LogP contribution in [0.4, 0.5) is 5.69 Å². The van der Waals surface area contributed by atoms with Gasteiger partial charge in [0.1, 0.15) is 5.54 Å². The van der Waals surface area contributed by atoms with Crippen LogP contribution in [-0.4, -0.2) is 41.1 Å². The lowest BCUT2D eigenvalue weighted by Gasteiger charge is -2.29. The molecular weight excluding hydrogens is 408 g/mol. The first-order valence-corrected chi connectivity index (χ1v) is 10.7. The molecule has 3 aliphatic heterocycles. The van der Waals surface area contributed by atoms with Gasteiger partial charge in [0.05, 0.1) is 11.8 Å². The number of rotatable bonds is 5. The van der Waals surface area contributed by atoms with Crippen molar-refractivity contribution in [1.82, 2.24) is 10.2 Å². The summed E-state index contributed by atoms with van der Waals surface area (Å²) in [7, 11) is 0. The van der Waals surface area contributed by atoms with Crippen LogP contribution in [0.2, 0.25) is 0 Å². The van der Waals surface area contributed by atoms with E-state index in [1.807, 2.05) is 49.4 Å². The van der Waals surface area contributed by atoms with Gasteiger partial charge in [-0.3, -0.25) is 29.4 Å². The molecule has 2 saturated heterocycles. The fraction of sp³-hybridized carbons (Fsp3) is 0.333. The molecule has 0 aliphatic carbocycles. The number of carbonyl (C=O) groups excluding carboxylic acids is 4. The molecule has 1 spiro atoms. The normalized spacial score (nSPS) is 28.2. The van der Waals surface area contributed by atoms with E-state index in [2.05, 4.69) is 10.6 Å². The zero-order valence-corrected chi connectivity index (χ0v) is 17.6. The number of primary amides is 1. The molecule has 3 aliphatic rings. The molecule has 4 amide bonds. The summed E-state index contributed by atoms with van der Waals surface area (Å²) < 4.78 is 0. The number of anilines is 1. The minimum Gasteiger partial charge on any atom is -0.370 e. The predicted molar refractivity (Wildman–Crippen MR) is 116 cm³/mol. The maximum absolute atomic E-state index is 13.6. The molecule has 164 valence electrons. The van der Waals surface area contributed by atoms with Gasteiger partial charge < -0.3 is 11.1 Å². The zero-order chi connectivity index (χ0) is 22.6. The number of likely N-dealkylation sites (tertiary alicyclic amines) is 1. The Hall–Kier alpha value is -3.52. The van der Waals surface area contributed by atoms with Gasteiger partial charge in [-0.1, -0.05) is 48.5 Å². The lowest BCUT2D eigenvalue weighted by atomic mass is 9.76. The summed E-state index contributed by atoms with van der Waals surface area (Å²) in [5, 5.41) is 6.10. The molecule has 2 fully saturated rings. The second-order valence-corrected chi connectivity index (χ2v) is 8.75. The smallest absolute Gasteiger partial charge is 0.250 e. The maximum Gasteiger partial charge on any atom is 0.250 e. The third kappa shape index (κ3) is 2.79. The van der Waals surface area contributed by atoms with Crippen LogP contribution < -0.4 is 16.4 Å². The topological polar surface area (TPSA) is 122 Å². The Bertz CT molecular complexity index is 1150. The Labute approximate surface area is 185 Å². The minimum absolute atomic E-state index is 0.136. The summed E-state index contributed by atoms with van der Waals surface area (Å²) in [6.45, 7) is 2.09. The predicted octanol–water partition coefficient (Wildman–Crippen LogP) is 0.834. The van der Waals surface area contributed by atoms with Crippen molar-refractivity contribution in [3.05, 3.63) is 65.2 Å². The zero-order valence-electron chi connectivity index (χ0n) is 17.6. The number of hydrogen-bond donors (Lipinski definition) is 3. The Balaban J connectivity index is 1.55. The fourth-order valence-electron chi connectivity index (χ4n) is 5.53. The highest BCUT2D eigenvalue weighted by atomic mass is 16.2. The first kappa shape index (κ1) is 20.4. The molecule has 0 bridgehead atoms. The van der Waals surface area contributed by atoms with Gasteiger partial charge in [-0.2, -0.15) is 0 Å². The van der Waals surface area contributed by atoms with E-state index in [-0.39, 0.29) is 30.7 Å². The van der Waals surface area contributed by atoms with E-state index in [4.69, 9.17) is 5.73 Å². The minimum atomic E-state index is -1.40. The number of nitrogens with two attached hydrogens (primary N) is 1. The Kier molecular flexibility index (Phi) is 4.63. The van der Waals surface area contributed by atoms with Crippen LogP contribution >= 0.6 is 0 Å². The number of amides is 4. The van der Waals surface area contributed by atoms with E-state index in [0.29, 0.717) is 17.7 Å². The first-order chi connectivity index (χ1) is 15.3. The summed E-state index contributed by atoms with van der Waals surface area (Å²) >= 11 is 0. The molecule has 5 rings (SSSR count). The van der Waals surface area contributed by atoms with Crippen molar-refractivity contribution >= 4 is 29.3 Å². The Morgan fingerprint density at radius 3 is 2.53 bits per heavy atom.